The van der Waals surface area contributed by atoms with Gasteiger partial charge in [0.25, 0.3) is 0 Å². The van der Waals surface area contributed by atoms with Crippen LogP contribution >= 0.6 is 0 Å². The van der Waals surface area contributed by atoms with Crippen LogP contribution in [-0.2, 0) is 0 Å². The SMILES string of the molecule is [B]c1c([B])c(-c2c([B])c([B])c(-c3nc(-c4c(O)c(O)c(O)c(O)c4O)nc(-n4c5c(O)c([B])c(O)c(O)c5c5c(O)c(O)c6c7c([B])c(O)c(O)c(C)c7n(-c7c(C)c(O)c(O)c(O)c7O)c6c54)n3)c(O)c2[B])c([B])c(O)c1O. The first-order valence-corrected chi connectivity index (χ1v) is 22.0. The third-order valence-corrected chi connectivity index (χ3v) is 13.8. The maximum Gasteiger partial charge on any atom is 0.239 e. The van der Waals surface area contributed by atoms with Gasteiger partial charge in [0.05, 0.1) is 44.0 Å². The highest BCUT2D eigenvalue weighted by Crippen LogP contribution is 2.59. The molecule has 0 fully saturated rings. The van der Waals surface area contributed by atoms with Gasteiger partial charge in [-0.25, -0.2) is 4.98 Å². The summed E-state index contributed by atoms with van der Waals surface area (Å²) in [7, 11) is 50.6. The molecule has 10 aromatic rings. The molecule has 16 radical (unpaired) electrons. The summed E-state index contributed by atoms with van der Waals surface area (Å²) in [6.07, 6.45) is 0. The Morgan fingerprint density at radius 1 is 0.253 bits per heavy atom. The van der Waals surface area contributed by atoms with Crippen LogP contribution in [0, 0.1) is 13.8 Å². The van der Waals surface area contributed by atoms with E-state index in [0.717, 1.165) is 18.4 Å². The Bertz CT molecular complexity index is 4450. The molecule has 7 aromatic carbocycles. The Kier molecular flexibility index (Phi) is 11.2. The summed E-state index contributed by atoms with van der Waals surface area (Å²) in [5.41, 5.74) is -13.6. The molecular weight excluding hydrogens is 1030 g/mol. The topological polar surface area (TPSA) is 433 Å². The quantitative estimate of drug-likeness (QED) is 0.0451. The molecule has 24 nitrogen and oxygen atoms in total. The van der Waals surface area contributed by atoms with Crippen molar-refractivity contribution in [3.05, 3.63) is 11.1 Å². The lowest BCUT2D eigenvalue weighted by atomic mass is 9.63. The number of aromatic hydroxyl groups is 19. The Labute approximate surface area is 449 Å². The normalized spacial score (nSPS) is 11.8. The number of hydrogen-bond acceptors (Lipinski definition) is 22. The standard InChI is InChI=1S/C47H25B8N5O19/c1-3-21-7(18(53)35(70)26(3)61)8-23(59(21)22-4(2)27(62)40(75)43(78)39(22)74)24-9(30(65)29(8)64)10-25(34(69)20(55)38(73)31(10)66)60(24)47-57-45(56-46(58-47)12-32(67)41(76)44(79)42(77)33(12)68)11-15(50)13(48)5(16(51)28(11)63)6-14(49)19(54)37(72)36(71)17(6)52/h61-79H,1-2H3. The minimum atomic E-state index is -1.52. The smallest absolute Gasteiger partial charge is 0.239 e. The zero-order chi connectivity index (χ0) is 58.3. The minimum absolute atomic E-state index is 0.382. The van der Waals surface area contributed by atoms with Crippen LogP contribution in [0.15, 0.2) is 0 Å². The summed E-state index contributed by atoms with van der Waals surface area (Å²) < 4.78 is 1.42. The molecule has 376 valence electrons. The average molecular weight is 1050 g/mol. The van der Waals surface area contributed by atoms with Crippen LogP contribution in [-0.4, -0.2) is 184 Å². The van der Waals surface area contributed by atoms with E-state index in [9.17, 15) is 97.0 Å². The summed E-state index contributed by atoms with van der Waals surface area (Å²) >= 11 is 0. The van der Waals surface area contributed by atoms with Crippen molar-refractivity contribution in [2.45, 2.75) is 13.8 Å². The van der Waals surface area contributed by atoms with Gasteiger partial charge in [-0.2, -0.15) is 9.97 Å². The van der Waals surface area contributed by atoms with Gasteiger partial charge < -0.3 is 102 Å². The molecule has 0 aliphatic carbocycles. The van der Waals surface area contributed by atoms with Crippen molar-refractivity contribution in [1.82, 2.24) is 24.1 Å². The van der Waals surface area contributed by atoms with E-state index < -0.39 is 248 Å². The van der Waals surface area contributed by atoms with Gasteiger partial charge in [0.1, 0.15) is 96.8 Å². The van der Waals surface area contributed by atoms with E-state index in [4.69, 9.17) is 62.8 Å². The van der Waals surface area contributed by atoms with Crippen molar-refractivity contribution in [1.29, 1.82) is 0 Å². The molecular formula is C47H25B8N5O19. The van der Waals surface area contributed by atoms with E-state index in [1.54, 1.807) is 0 Å². The van der Waals surface area contributed by atoms with E-state index in [2.05, 4.69) is 15.0 Å². The molecule has 0 aliphatic rings. The monoisotopic (exact) mass is 1050 g/mol. The molecule has 3 heterocycles. The lowest BCUT2D eigenvalue weighted by Gasteiger charge is -2.25. The van der Waals surface area contributed by atoms with Gasteiger partial charge in [0.2, 0.25) is 34.7 Å². The molecule has 0 unspecified atom stereocenters. The first-order chi connectivity index (χ1) is 36.9. The Hall–Kier alpha value is -10.1. The van der Waals surface area contributed by atoms with Crippen LogP contribution in [0.2, 0.25) is 0 Å². The summed E-state index contributed by atoms with van der Waals surface area (Å²) in [6.45, 7) is 2.24. The van der Waals surface area contributed by atoms with Crippen molar-refractivity contribution in [3.8, 4) is 155 Å². The maximum absolute atomic E-state index is 12.3. The third-order valence-electron chi connectivity index (χ3n) is 13.8. The molecule has 32 heteroatoms. The first-order valence-electron chi connectivity index (χ1n) is 22.0. The van der Waals surface area contributed by atoms with Gasteiger partial charge in [-0.15, -0.1) is 0 Å². The number of hydrogen-bond donors (Lipinski definition) is 19. The second-order valence-corrected chi connectivity index (χ2v) is 17.9. The molecule has 0 aliphatic heterocycles. The summed E-state index contributed by atoms with van der Waals surface area (Å²) in [5, 5.41) is 212. The molecule has 79 heavy (non-hydrogen) atoms. The van der Waals surface area contributed by atoms with Gasteiger partial charge in [0, 0.05) is 16.5 Å². The van der Waals surface area contributed by atoms with E-state index in [1.807, 2.05) is 0 Å². The second-order valence-electron chi connectivity index (χ2n) is 17.9. The molecule has 3 aromatic heterocycles. The van der Waals surface area contributed by atoms with Crippen molar-refractivity contribution < 1.29 is 97.0 Å². The van der Waals surface area contributed by atoms with Gasteiger partial charge in [-0.1, -0.05) is 21.9 Å². The average Bonchev–Trinajstić information content (AvgIpc) is 2.49. The predicted octanol–water partition coefficient (Wildman–Crippen LogP) is -3.56. The number of phenolic OH excluding ortho intramolecular Hbond substituents is 19. The highest BCUT2D eigenvalue weighted by molar-refractivity contribution is 6.61. The number of fused-ring (bicyclic) bond motifs is 7. The lowest BCUT2D eigenvalue weighted by molar-refractivity contribution is 0.329. The highest BCUT2D eigenvalue weighted by Gasteiger charge is 2.38. The molecule has 10 rings (SSSR count). The lowest BCUT2D eigenvalue weighted by Crippen LogP contribution is -2.41. The molecule has 19 N–H and O–H groups in total. The zero-order valence-corrected chi connectivity index (χ0v) is 39.9. The van der Waals surface area contributed by atoms with Crippen molar-refractivity contribution in [2.75, 3.05) is 0 Å². The predicted molar refractivity (Wildman–Crippen MR) is 289 cm³/mol. The van der Waals surface area contributed by atoms with Gasteiger partial charge >= 0.3 is 0 Å². The van der Waals surface area contributed by atoms with Crippen molar-refractivity contribution in [2.24, 2.45) is 0 Å². The Balaban J connectivity index is 1.52. The summed E-state index contributed by atoms with van der Waals surface area (Å²) in [5.74, 6) is -27.4. The number of aromatic nitrogens is 5. The van der Waals surface area contributed by atoms with Crippen LogP contribution in [0.3, 0.4) is 0 Å². The number of aryl methyl sites for hydroxylation is 1. The van der Waals surface area contributed by atoms with Gasteiger partial charge in [-0.05, 0) is 46.8 Å². The molecule has 0 saturated carbocycles. The fraction of sp³-hybridized carbons (Fsp3) is 0.0426. The van der Waals surface area contributed by atoms with E-state index in [0.29, 0.717) is 4.57 Å². The Morgan fingerprint density at radius 3 is 1.20 bits per heavy atom. The van der Waals surface area contributed by atoms with E-state index in [-0.39, 0.29) is 5.56 Å². The fourth-order valence-electron chi connectivity index (χ4n) is 9.81. The number of phenols is 19. The maximum atomic E-state index is 12.3. The number of nitrogens with zero attached hydrogens (tertiary/aromatic N) is 5. The second kappa shape index (κ2) is 16.9. The number of rotatable bonds is 5. The van der Waals surface area contributed by atoms with Crippen LogP contribution < -0.4 is 43.7 Å². The zero-order valence-electron chi connectivity index (χ0n) is 39.9. The highest BCUT2D eigenvalue weighted by atomic mass is 16.4. The minimum Gasteiger partial charge on any atom is -0.508 e. The molecule has 0 amide bonds. The summed E-state index contributed by atoms with van der Waals surface area (Å²) in [4.78, 5) is 13.0. The Morgan fingerprint density at radius 2 is 0.633 bits per heavy atom. The van der Waals surface area contributed by atoms with Gasteiger partial charge in [-0.3, -0.25) is 4.57 Å². The van der Waals surface area contributed by atoms with E-state index >= 15 is 0 Å². The van der Waals surface area contributed by atoms with Crippen LogP contribution in [0.5, 0.6) is 109 Å². The molecule has 0 atom stereocenters. The first kappa shape index (κ1) is 52.3. The molecule has 0 spiro atoms. The molecule has 0 bridgehead atoms. The fourth-order valence-corrected chi connectivity index (χ4v) is 9.81. The van der Waals surface area contributed by atoms with Crippen LogP contribution in [0.25, 0.3) is 89.2 Å². The van der Waals surface area contributed by atoms with E-state index in [1.165, 1.54) is 0 Å². The summed E-state index contributed by atoms with van der Waals surface area (Å²) in [6, 6.07) is 0. The van der Waals surface area contributed by atoms with Crippen LogP contribution in [0.1, 0.15) is 11.1 Å². The number of benzene rings is 7. The third kappa shape index (κ3) is 6.44. The van der Waals surface area contributed by atoms with Crippen molar-refractivity contribution in [3.63, 3.8) is 0 Å². The largest absolute Gasteiger partial charge is 0.508 e. The van der Waals surface area contributed by atoms with Crippen LogP contribution in [0.4, 0.5) is 0 Å². The van der Waals surface area contributed by atoms with Crippen molar-refractivity contribution >= 4 is 150 Å². The van der Waals surface area contributed by atoms with Gasteiger partial charge in [0.15, 0.2) is 69.1 Å². The molecule has 0 saturated heterocycles.